The summed E-state index contributed by atoms with van der Waals surface area (Å²) in [7, 11) is -4.16. The molecule has 0 spiro atoms. The minimum Gasteiger partial charge on any atom is -0.266 e. The van der Waals surface area contributed by atoms with E-state index in [1.807, 2.05) is 0 Å². The zero-order valence-corrected chi connectivity index (χ0v) is 12.3. The zero-order chi connectivity index (χ0) is 13.1. The second kappa shape index (κ2) is 5.63. The van der Waals surface area contributed by atoms with Gasteiger partial charge in [0.1, 0.15) is 0 Å². The van der Waals surface area contributed by atoms with Crippen LogP contribution in [0.1, 0.15) is 12.8 Å². The van der Waals surface area contributed by atoms with Crippen molar-refractivity contribution in [3.05, 3.63) is 30.3 Å². The van der Waals surface area contributed by atoms with Crippen molar-refractivity contribution >= 4 is 20.1 Å². The molecule has 0 saturated carbocycles. The van der Waals surface area contributed by atoms with Crippen LogP contribution in [0.25, 0.3) is 0 Å². The van der Waals surface area contributed by atoms with Crippen molar-refractivity contribution in [2.75, 3.05) is 30.1 Å². The van der Waals surface area contributed by atoms with E-state index in [4.69, 9.17) is 4.18 Å². The van der Waals surface area contributed by atoms with E-state index < -0.39 is 20.1 Å². The Hall–Kier alpha value is -0.520. The predicted octanol–water partition coefficient (Wildman–Crippen LogP) is 2.62. The third kappa shape index (κ3) is 3.49. The molecule has 0 bridgehead atoms. The van der Waals surface area contributed by atoms with Crippen LogP contribution in [0.15, 0.2) is 35.2 Å². The van der Waals surface area contributed by atoms with Gasteiger partial charge in [0, 0.05) is 5.75 Å². The molecule has 0 radical (unpaired) electrons. The molecule has 1 aliphatic heterocycles. The number of rotatable bonds is 5. The van der Waals surface area contributed by atoms with Crippen LogP contribution in [0.4, 0.5) is 0 Å². The first kappa shape index (κ1) is 13.9. The van der Waals surface area contributed by atoms with Gasteiger partial charge in [0.2, 0.25) is 0 Å². The Morgan fingerprint density at radius 1 is 1.17 bits per heavy atom. The second-order valence-electron chi connectivity index (χ2n) is 4.89. The van der Waals surface area contributed by atoms with E-state index in [-0.39, 0.29) is 4.90 Å². The lowest BCUT2D eigenvalue weighted by molar-refractivity contribution is 0.340. The lowest BCUT2D eigenvalue weighted by Gasteiger charge is -2.29. The van der Waals surface area contributed by atoms with Crippen LogP contribution in [0, 0.1) is 0 Å². The van der Waals surface area contributed by atoms with Crippen molar-refractivity contribution in [1.82, 2.24) is 0 Å². The summed E-state index contributed by atoms with van der Waals surface area (Å²) in [6.45, 7) is 0.322. The largest absolute Gasteiger partial charge is 0.296 e. The third-order valence-electron chi connectivity index (χ3n) is 3.37. The van der Waals surface area contributed by atoms with E-state index in [9.17, 15) is 8.42 Å². The fraction of sp³-hybridized carbons (Fsp3) is 0.538. The average Bonchev–Trinajstić information content (AvgIpc) is 2.77. The van der Waals surface area contributed by atoms with Crippen LogP contribution >= 0.6 is 10.0 Å². The number of hydrogen-bond acceptors (Lipinski definition) is 3. The lowest BCUT2D eigenvalue weighted by Crippen LogP contribution is -2.15. The zero-order valence-electron chi connectivity index (χ0n) is 10.7. The topological polar surface area (TPSA) is 43.4 Å². The smallest absolute Gasteiger partial charge is 0.266 e. The summed E-state index contributed by atoms with van der Waals surface area (Å²) in [5.74, 6) is 3.43. The highest BCUT2D eigenvalue weighted by molar-refractivity contribution is 8.33. The molecule has 18 heavy (non-hydrogen) atoms. The van der Waals surface area contributed by atoms with Gasteiger partial charge in [0.15, 0.2) is 0 Å². The summed E-state index contributed by atoms with van der Waals surface area (Å²) in [5.41, 5.74) is 0. The molecule has 0 amide bonds. The van der Waals surface area contributed by atoms with Crippen LogP contribution in [0.5, 0.6) is 0 Å². The van der Waals surface area contributed by atoms with Crippen LogP contribution in [0.3, 0.4) is 0 Å². The molecule has 0 unspecified atom stereocenters. The highest BCUT2D eigenvalue weighted by Gasteiger charge is 2.24. The van der Waals surface area contributed by atoms with E-state index in [2.05, 4.69) is 6.26 Å². The van der Waals surface area contributed by atoms with Gasteiger partial charge in [-0.1, -0.05) is 18.2 Å². The second-order valence-corrected chi connectivity index (χ2v) is 10.7. The first-order valence-electron chi connectivity index (χ1n) is 6.18. The first-order valence-corrected chi connectivity index (χ1v) is 10.1. The normalized spacial score (nSPS) is 20.7. The van der Waals surface area contributed by atoms with Gasteiger partial charge >= 0.3 is 0 Å². The summed E-state index contributed by atoms with van der Waals surface area (Å²) in [6, 6.07) is 8.35. The third-order valence-corrected chi connectivity index (χ3v) is 8.40. The van der Waals surface area contributed by atoms with E-state index >= 15 is 0 Å². The minimum absolute atomic E-state index is 0.247. The maximum Gasteiger partial charge on any atom is 0.296 e. The van der Waals surface area contributed by atoms with E-state index in [0.717, 1.165) is 5.75 Å². The Morgan fingerprint density at radius 3 is 2.39 bits per heavy atom. The van der Waals surface area contributed by atoms with Crippen molar-refractivity contribution in [3.8, 4) is 0 Å². The van der Waals surface area contributed by atoms with Crippen molar-refractivity contribution in [3.63, 3.8) is 0 Å². The van der Waals surface area contributed by atoms with E-state index in [1.165, 1.54) is 24.3 Å². The molecule has 1 aliphatic rings. The number of benzene rings is 1. The summed E-state index contributed by atoms with van der Waals surface area (Å²) in [4.78, 5) is 0.247. The maximum absolute atomic E-state index is 11.9. The van der Waals surface area contributed by atoms with Crippen molar-refractivity contribution in [2.45, 2.75) is 17.7 Å². The minimum atomic E-state index is -3.57. The molecular formula is C13H20O3S2. The molecule has 1 fully saturated rings. The maximum atomic E-state index is 11.9. The molecule has 2 rings (SSSR count). The molecule has 0 aromatic heterocycles. The molecule has 0 N–H and O–H groups in total. The highest BCUT2D eigenvalue weighted by Crippen LogP contribution is 2.50. The van der Waals surface area contributed by atoms with E-state index in [1.54, 1.807) is 30.3 Å². The molecule has 1 aromatic carbocycles. The molecule has 102 valence electrons. The molecule has 1 heterocycles. The lowest BCUT2D eigenvalue weighted by atomic mass is 10.4. The molecule has 3 nitrogen and oxygen atoms in total. The van der Waals surface area contributed by atoms with Gasteiger partial charge in [0.25, 0.3) is 10.1 Å². The van der Waals surface area contributed by atoms with E-state index in [0.29, 0.717) is 6.61 Å². The molecule has 1 aromatic rings. The summed E-state index contributed by atoms with van der Waals surface area (Å²) >= 11 is 0. The van der Waals surface area contributed by atoms with Crippen LogP contribution in [0.2, 0.25) is 0 Å². The van der Waals surface area contributed by atoms with Gasteiger partial charge in [-0.25, -0.2) is 10.0 Å². The fourth-order valence-corrected chi connectivity index (χ4v) is 6.14. The van der Waals surface area contributed by atoms with Crippen molar-refractivity contribution in [1.29, 1.82) is 0 Å². The number of hydrogen-bond donors (Lipinski definition) is 0. The van der Waals surface area contributed by atoms with Crippen LogP contribution in [-0.2, 0) is 14.3 Å². The Bertz CT molecular complexity index is 476. The Kier molecular flexibility index (Phi) is 4.35. The molecule has 1 saturated heterocycles. The quantitative estimate of drug-likeness (QED) is 0.782. The van der Waals surface area contributed by atoms with Crippen molar-refractivity contribution < 1.29 is 12.6 Å². The summed E-state index contributed by atoms with van der Waals surface area (Å²) < 4.78 is 28.9. The summed E-state index contributed by atoms with van der Waals surface area (Å²) in [6.07, 6.45) is 4.88. The van der Waals surface area contributed by atoms with Crippen LogP contribution < -0.4 is 0 Å². The Labute approximate surface area is 111 Å². The van der Waals surface area contributed by atoms with Gasteiger partial charge in [-0.3, -0.25) is 4.18 Å². The Morgan fingerprint density at radius 2 is 1.78 bits per heavy atom. The van der Waals surface area contributed by atoms with Crippen LogP contribution in [-0.4, -0.2) is 38.5 Å². The van der Waals surface area contributed by atoms with Gasteiger partial charge in [-0.2, -0.15) is 8.42 Å². The Balaban J connectivity index is 1.90. The van der Waals surface area contributed by atoms with Gasteiger partial charge in [-0.15, -0.1) is 0 Å². The average molecular weight is 288 g/mol. The highest BCUT2D eigenvalue weighted by atomic mass is 32.3. The first-order chi connectivity index (χ1) is 8.52. The standard InChI is InChI=1S/C13H20O3S2/c1-17(10-5-6-11-17)12-9-16-18(14,15)13-7-3-2-4-8-13/h2-4,7-8H,5-6,9-12H2,1H3. The van der Waals surface area contributed by atoms with Gasteiger partial charge < -0.3 is 0 Å². The van der Waals surface area contributed by atoms with Gasteiger partial charge in [-0.05, 0) is 42.7 Å². The molecule has 0 atom stereocenters. The van der Waals surface area contributed by atoms with Crippen molar-refractivity contribution in [2.24, 2.45) is 0 Å². The predicted molar refractivity (Wildman–Crippen MR) is 76.9 cm³/mol. The van der Waals surface area contributed by atoms with Gasteiger partial charge in [0.05, 0.1) is 11.5 Å². The fourth-order valence-electron chi connectivity index (χ4n) is 2.21. The molecule has 0 aliphatic carbocycles. The SMILES string of the molecule is CS1(CCOS(=O)(=O)c2ccccc2)CCCC1. The molecular weight excluding hydrogens is 268 g/mol. The monoisotopic (exact) mass is 288 g/mol. The summed E-state index contributed by atoms with van der Waals surface area (Å²) in [5, 5.41) is 0. The molecule has 5 heteroatoms.